The third kappa shape index (κ3) is 4.13. The van der Waals surface area contributed by atoms with Crippen molar-refractivity contribution < 1.29 is 23.8 Å². The summed E-state index contributed by atoms with van der Waals surface area (Å²) in [6.07, 6.45) is 3.62. The molecular formula is C27H20N2O5S. The first-order valence-corrected chi connectivity index (χ1v) is 12.1. The minimum absolute atomic E-state index is 0.152. The van der Waals surface area contributed by atoms with Gasteiger partial charge < -0.3 is 19.5 Å². The molecule has 0 unspecified atom stereocenters. The highest BCUT2D eigenvalue weighted by Crippen LogP contribution is 2.38. The average Bonchev–Trinajstić information content (AvgIpc) is 3.63. The third-order valence-electron chi connectivity index (χ3n) is 6.00. The number of benzene rings is 2. The van der Waals surface area contributed by atoms with Crippen LogP contribution in [0.1, 0.15) is 32.9 Å². The molecule has 1 amide bonds. The number of fused-ring (bicyclic) bond motifs is 3. The minimum atomic E-state index is -0.530. The monoisotopic (exact) mass is 484 g/mol. The first kappa shape index (κ1) is 21.4. The summed E-state index contributed by atoms with van der Waals surface area (Å²) in [5.41, 5.74) is 4.54. The number of pyridine rings is 1. The quantitative estimate of drug-likeness (QED) is 0.387. The molecule has 8 heteroatoms. The van der Waals surface area contributed by atoms with Crippen LogP contribution in [0.5, 0.6) is 11.5 Å². The Morgan fingerprint density at radius 1 is 1.06 bits per heavy atom. The maximum absolute atomic E-state index is 13.3. The topological polar surface area (TPSA) is 86.8 Å². The lowest BCUT2D eigenvalue weighted by atomic mass is 10.0. The molecule has 0 fully saturated rings. The van der Waals surface area contributed by atoms with Crippen molar-refractivity contribution in [1.82, 2.24) is 4.98 Å². The van der Waals surface area contributed by atoms with E-state index in [1.165, 1.54) is 0 Å². The Morgan fingerprint density at radius 2 is 1.94 bits per heavy atom. The Morgan fingerprint density at radius 3 is 2.83 bits per heavy atom. The highest BCUT2D eigenvalue weighted by atomic mass is 32.1. The van der Waals surface area contributed by atoms with Crippen LogP contribution in [0.15, 0.2) is 60.0 Å². The number of esters is 1. The van der Waals surface area contributed by atoms with Crippen molar-refractivity contribution in [2.45, 2.75) is 12.8 Å². The molecule has 7 nitrogen and oxygen atoms in total. The number of hydrogen-bond donors (Lipinski definition) is 1. The molecule has 2 aliphatic rings. The zero-order chi connectivity index (χ0) is 23.8. The molecule has 0 bridgehead atoms. The van der Waals surface area contributed by atoms with Crippen LogP contribution in [0.3, 0.4) is 0 Å². The van der Waals surface area contributed by atoms with Crippen LogP contribution in [-0.4, -0.2) is 30.3 Å². The molecule has 4 aromatic rings. The van der Waals surface area contributed by atoms with Gasteiger partial charge in [0.05, 0.1) is 16.8 Å². The SMILES string of the molecule is O=C(COC(=O)c1c2c(nc3ccccc13)C(=Cc1cccs1)CC2)Nc1ccc2c(c1)OCO2. The molecule has 2 aromatic carbocycles. The molecule has 2 aromatic heterocycles. The van der Waals surface area contributed by atoms with Crippen LogP contribution in [0.25, 0.3) is 22.6 Å². The number of para-hydroxylation sites is 1. The number of anilines is 1. The van der Waals surface area contributed by atoms with E-state index in [1.807, 2.05) is 35.7 Å². The van der Waals surface area contributed by atoms with Gasteiger partial charge in [-0.15, -0.1) is 11.3 Å². The Hall–Kier alpha value is -4.17. The van der Waals surface area contributed by atoms with Crippen molar-refractivity contribution in [3.63, 3.8) is 0 Å². The van der Waals surface area contributed by atoms with E-state index in [1.54, 1.807) is 29.5 Å². The number of rotatable bonds is 5. The van der Waals surface area contributed by atoms with Crippen LogP contribution in [0, 0.1) is 0 Å². The van der Waals surface area contributed by atoms with E-state index in [2.05, 4.69) is 17.5 Å². The van der Waals surface area contributed by atoms with Crippen LogP contribution < -0.4 is 14.8 Å². The molecule has 1 aliphatic carbocycles. The van der Waals surface area contributed by atoms with E-state index in [-0.39, 0.29) is 6.79 Å². The van der Waals surface area contributed by atoms with Crippen LogP contribution in [0.4, 0.5) is 5.69 Å². The summed E-state index contributed by atoms with van der Waals surface area (Å²) in [7, 11) is 0. The highest BCUT2D eigenvalue weighted by molar-refractivity contribution is 7.10. The summed E-state index contributed by atoms with van der Waals surface area (Å²) in [6, 6.07) is 16.7. The summed E-state index contributed by atoms with van der Waals surface area (Å²) >= 11 is 1.66. The number of amides is 1. The number of allylic oxidation sites excluding steroid dienone is 1. The van der Waals surface area contributed by atoms with Crippen molar-refractivity contribution in [2.24, 2.45) is 0 Å². The average molecular weight is 485 g/mol. The Balaban J connectivity index is 1.25. The van der Waals surface area contributed by atoms with Gasteiger partial charge in [0.25, 0.3) is 5.91 Å². The number of hydrogen-bond acceptors (Lipinski definition) is 7. The van der Waals surface area contributed by atoms with Gasteiger partial charge in [-0.2, -0.15) is 0 Å². The second-order valence-electron chi connectivity index (χ2n) is 8.21. The normalized spacial score (nSPS) is 14.8. The Labute approximate surface area is 205 Å². The molecule has 35 heavy (non-hydrogen) atoms. The minimum Gasteiger partial charge on any atom is -0.454 e. The van der Waals surface area contributed by atoms with Gasteiger partial charge in [-0.05, 0) is 59.7 Å². The van der Waals surface area contributed by atoms with Gasteiger partial charge in [0.15, 0.2) is 18.1 Å². The molecule has 3 heterocycles. The first-order valence-electron chi connectivity index (χ1n) is 11.2. The number of nitrogens with one attached hydrogen (secondary N) is 1. The van der Waals surface area contributed by atoms with E-state index in [4.69, 9.17) is 19.2 Å². The molecule has 1 aliphatic heterocycles. The zero-order valence-electron chi connectivity index (χ0n) is 18.6. The fourth-order valence-electron chi connectivity index (χ4n) is 4.43. The lowest BCUT2D eigenvalue weighted by molar-refractivity contribution is -0.119. The van der Waals surface area contributed by atoms with E-state index in [0.29, 0.717) is 29.2 Å². The lowest BCUT2D eigenvalue weighted by Crippen LogP contribution is -2.21. The maximum atomic E-state index is 13.3. The van der Waals surface area contributed by atoms with Crippen molar-refractivity contribution in [3.8, 4) is 11.5 Å². The van der Waals surface area contributed by atoms with Gasteiger partial charge in [-0.3, -0.25) is 4.79 Å². The van der Waals surface area contributed by atoms with Gasteiger partial charge >= 0.3 is 5.97 Å². The van der Waals surface area contributed by atoms with Crippen LogP contribution in [0.2, 0.25) is 0 Å². The zero-order valence-corrected chi connectivity index (χ0v) is 19.4. The molecule has 0 saturated heterocycles. The number of thiophene rings is 1. The molecule has 174 valence electrons. The summed E-state index contributed by atoms with van der Waals surface area (Å²) < 4.78 is 16.1. The van der Waals surface area contributed by atoms with Crippen LogP contribution >= 0.6 is 11.3 Å². The second-order valence-corrected chi connectivity index (χ2v) is 9.19. The lowest BCUT2D eigenvalue weighted by Gasteiger charge is -2.12. The smallest absolute Gasteiger partial charge is 0.339 e. The molecule has 0 saturated carbocycles. The number of nitrogens with zero attached hydrogens (tertiary/aromatic N) is 1. The summed E-state index contributed by atoms with van der Waals surface area (Å²) in [4.78, 5) is 31.8. The third-order valence-corrected chi connectivity index (χ3v) is 6.82. The summed E-state index contributed by atoms with van der Waals surface area (Å²) in [5, 5.41) is 5.49. The first-order chi connectivity index (χ1) is 17.2. The molecule has 0 atom stereocenters. The second kappa shape index (κ2) is 8.88. The summed E-state index contributed by atoms with van der Waals surface area (Å²) in [6.45, 7) is -0.255. The molecule has 6 rings (SSSR count). The van der Waals surface area contributed by atoms with E-state index >= 15 is 0 Å². The maximum Gasteiger partial charge on any atom is 0.339 e. The highest BCUT2D eigenvalue weighted by Gasteiger charge is 2.28. The predicted octanol–water partition coefficient (Wildman–Crippen LogP) is 5.31. The molecular weight excluding hydrogens is 464 g/mol. The fraction of sp³-hybridized carbons (Fsp3) is 0.148. The number of carbonyl (C=O) groups excluding carboxylic acids is 2. The van der Waals surface area contributed by atoms with E-state index in [9.17, 15) is 9.59 Å². The summed E-state index contributed by atoms with van der Waals surface area (Å²) in [5.74, 6) is 0.217. The van der Waals surface area contributed by atoms with Crippen molar-refractivity contribution >= 4 is 51.5 Å². The van der Waals surface area contributed by atoms with Gasteiger partial charge in [-0.25, -0.2) is 9.78 Å². The molecule has 1 N–H and O–H groups in total. The van der Waals surface area contributed by atoms with Gasteiger partial charge in [-0.1, -0.05) is 24.3 Å². The van der Waals surface area contributed by atoms with Crippen LogP contribution in [-0.2, 0) is 16.0 Å². The van der Waals surface area contributed by atoms with E-state index < -0.39 is 18.5 Å². The largest absolute Gasteiger partial charge is 0.454 e. The standard InChI is InChI=1S/C27H20N2O5S/c30-24(28-17-8-10-22-23(13-17)34-15-33-22)14-32-27(31)25-19-5-1-2-6-21(19)29-26-16(7-9-20(25)26)12-18-4-3-11-35-18/h1-6,8,10-13H,7,9,14-15H2,(H,28,30). The predicted molar refractivity (Wildman–Crippen MR) is 134 cm³/mol. The van der Waals surface area contributed by atoms with Gasteiger partial charge in [0, 0.05) is 22.0 Å². The van der Waals surface area contributed by atoms with Crippen molar-refractivity contribution in [2.75, 3.05) is 18.7 Å². The Bertz CT molecular complexity index is 1490. The Kier molecular flexibility index (Phi) is 5.42. The van der Waals surface area contributed by atoms with E-state index in [0.717, 1.165) is 39.0 Å². The molecule has 0 radical (unpaired) electrons. The fourth-order valence-corrected chi connectivity index (χ4v) is 5.11. The molecule has 0 spiro atoms. The van der Waals surface area contributed by atoms with Gasteiger partial charge in [0.2, 0.25) is 6.79 Å². The van der Waals surface area contributed by atoms with Crippen molar-refractivity contribution in [3.05, 3.63) is 81.7 Å². The van der Waals surface area contributed by atoms with Crippen molar-refractivity contribution in [1.29, 1.82) is 0 Å². The number of ether oxygens (including phenoxy) is 3. The number of aromatic nitrogens is 1. The van der Waals surface area contributed by atoms with Gasteiger partial charge in [0.1, 0.15) is 0 Å². The number of carbonyl (C=O) groups is 2.